The van der Waals surface area contributed by atoms with Crippen molar-refractivity contribution < 1.29 is 5.11 Å². The second-order valence-electron chi connectivity index (χ2n) is 5.65. The number of aliphatic hydroxyl groups is 1. The van der Waals surface area contributed by atoms with Crippen LogP contribution in [0.15, 0.2) is 35.3 Å². The molecular formula is C16H26IN3O. The minimum atomic E-state index is -0.635. The Labute approximate surface area is 144 Å². The second kappa shape index (κ2) is 9.25. The van der Waals surface area contributed by atoms with E-state index < -0.39 is 5.60 Å². The molecule has 0 atom stereocenters. The van der Waals surface area contributed by atoms with Crippen molar-refractivity contribution in [3.05, 3.63) is 35.9 Å². The Bertz CT molecular complexity index is 430. The molecule has 1 fully saturated rings. The lowest BCUT2D eigenvalue weighted by atomic mass is 9.85. The molecule has 0 radical (unpaired) electrons. The van der Waals surface area contributed by atoms with E-state index in [0.717, 1.165) is 38.6 Å². The monoisotopic (exact) mass is 403 g/mol. The lowest BCUT2D eigenvalue weighted by Gasteiger charge is -2.30. The first kappa shape index (κ1) is 18.2. The summed E-state index contributed by atoms with van der Waals surface area (Å²) < 4.78 is 0. The first-order valence-corrected chi connectivity index (χ1v) is 7.48. The van der Waals surface area contributed by atoms with Crippen LogP contribution in [0.5, 0.6) is 0 Å². The third kappa shape index (κ3) is 6.65. The van der Waals surface area contributed by atoms with Gasteiger partial charge in [0.25, 0.3) is 0 Å². The Morgan fingerprint density at radius 2 is 1.86 bits per heavy atom. The molecular weight excluding hydrogens is 377 g/mol. The number of aliphatic imine (C=N–C) groups is 1. The molecule has 21 heavy (non-hydrogen) atoms. The normalized spacial score (nSPS) is 17.9. The van der Waals surface area contributed by atoms with Gasteiger partial charge in [0.1, 0.15) is 0 Å². The molecule has 0 aliphatic heterocycles. The van der Waals surface area contributed by atoms with Gasteiger partial charge in [-0.2, -0.15) is 0 Å². The number of benzene rings is 1. The second-order valence-corrected chi connectivity index (χ2v) is 5.65. The van der Waals surface area contributed by atoms with Gasteiger partial charge in [0, 0.05) is 6.54 Å². The molecule has 1 saturated carbocycles. The third-order valence-electron chi connectivity index (χ3n) is 3.89. The van der Waals surface area contributed by atoms with Crippen molar-refractivity contribution in [1.29, 1.82) is 0 Å². The maximum Gasteiger partial charge on any atom is 0.188 e. The van der Waals surface area contributed by atoms with Crippen molar-refractivity contribution in [2.45, 2.75) is 44.1 Å². The average molecular weight is 403 g/mol. The average Bonchev–Trinajstić information content (AvgIpc) is 2.47. The van der Waals surface area contributed by atoms with Crippen LogP contribution in [0.25, 0.3) is 0 Å². The van der Waals surface area contributed by atoms with Gasteiger partial charge in [0.2, 0.25) is 0 Å². The van der Waals surface area contributed by atoms with E-state index in [9.17, 15) is 5.11 Å². The predicted molar refractivity (Wildman–Crippen MR) is 98.1 cm³/mol. The fourth-order valence-corrected chi connectivity index (χ4v) is 2.64. The van der Waals surface area contributed by atoms with Gasteiger partial charge in [-0.25, -0.2) is 0 Å². The number of nitrogens with one attached hydrogen (secondary N) is 1. The van der Waals surface area contributed by atoms with Gasteiger partial charge in [0.15, 0.2) is 5.96 Å². The minimum absolute atomic E-state index is 0. The number of hydrogen-bond acceptors (Lipinski definition) is 2. The van der Waals surface area contributed by atoms with Gasteiger partial charge in [-0.05, 0) is 24.8 Å². The Balaban J connectivity index is 0.00000220. The van der Waals surface area contributed by atoms with E-state index in [0.29, 0.717) is 12.5 Å². The summed E-state index contributed by atoms with van der Waals surface area (Å²) in [7, 11) is 0. The van der Waals surface area contributed by atoms with Gasteiger partial charge >= 0.3 is 0 Å². The van der Waals surface area contributed by atoms with Crippen LogP contribution >= 0.6 is 24.0 Å². The topological polar surface area (TPSA) is 70.6 Å². The summed E-state index contributed by atoms with van der Waals surface area (Å²) in [5, 5.41) is 13.4. The lowest BCUT2D eigenvalue weighted by molar-refractivity contribution is 0.0132. The van der Waals surface area contributed by atoms with E-state index in [1.807, 2.05) is 18.2 Å². The van der Waals surface area contributed by atoms with Crippen molar-refractivity contribution in [3.63, 3.8) is 0 Å². The third-order valence-corrected chi connectivity index (χ3v) is 3.89. The molecule has 118 valence electrons. The van der Waals surface area contributed by atoms with Crippen LogP contribution in [-0.4, -0.2) is 29.8 Å². The molecule has 0 heterocycles. The molecule has 2 rings (SSSR count). The number of hydrogen-bond donors (Lipinski definition) is 3. The van der Waals surface area contributed by atoms with Crippen LogP contribution in [0, 0.1) is 0 Å². The number of nitrogens with two attached hydrogens (primary N) is 1. The zero-order valence-electron chi connectivity index (χ0n) is 12.4. The highest BCUT2D eigenvalue weighted by Gasteiger charge is 2.28. The highest BCUT2D eigenvalue weighted by molar-refractivity contribution is 14.0. The van der Waals surface area contributed by atoms with E-state index in [1.165, 1.54) is 12.0 Å². The van der Waals surface area contributed by atoms with Crippen LogP contribution in [0.4, 0.5) is 0 Å². The highest BCUT2D eigenvalue weighted by atomic mass is 127. The molecule has 1 aromatic rings. The standard InChI is InChI=1S/C16H25N3O.HI/c17-15(18-12-9-14-7-3-1-4-8-14)19-13-16(20)10-5-2-6-11-16;/h1,3-4,7-8,20H,2,5-6,9-13H2,(H3,17,18,19);1H. The van der Waals surface area contributed by atoms with Gasteiger partial charge < -0.3 is 16.2 Å². The fourth-order valence-electron chi connectivity index (χ4n) is 2.64. The highest BCUT2D eigenvalue weighted by Crippen LogP contribution is 2.27. The van der Waals surface area contributed by atoms with Gasteiger partial charge in [-0.1, -0.05) is 49.6 Å². The first-order valence-electron chi connectivity index (χ1n) is 7.48. The van der Waals surface area contributed by atoms with Crippen molar-refractivity contribution in [2.75, 3.05) is 13.1 Å². The summed E-state index contributed by atoms with van der Waals surface area (Å²) in [6.07, 6.45) is 6.00. The molecule has 0 spiro atoms. The Morgan fingerprint density at radius 3 is 2.52 bits per heavy atom. The van der Waals surface area contributed by atoms with E-state index in [2.05, 4.69) is 22.4 Å². The zero-order valence-corrected chi connectivity index (χ0v) is 14.8. The SMILES string of the molecule is I.NC(=NCC1(O)CCCCC1)NCCc1ccccc1. The maximum absolute atomic E-state index is 10.3. The van der Waals surface area contributed by atoms with E-state index in [-0.39, 0.29) is 24.0 Å². The summed E-state index contributed by atoms with van der Waals surface area (Å²) in [5.41, 5.74) is 6.48. The van der Waals surface area contributed by atoms with Crippen molar-refractivity contribution in [2.24, 2.45) is 10.7 Å². The van der Waals surface area contributed by atoms with Gasteiger partial charge in [-0.15, -0.1) is 24.0 Å². The van der Waals surface area contributed by atoms with Gasteiger partial charge in [-0.3, -0.25) is 4.99 Å². The zero-order chi connectivity index (χ0) is 14.3. The molecule has 1 aliphatic rings. The number of halogens is 1. The molecule has 4 nitrogen and oxygen atoms in total. The number of rotatable bonds is 5. The summed E-state index contributed by atoms with van der Waals surface area (Å²) >= 11 is 0. The minimum Gasteiger partial charge on any atom is -0.388 e. The number of nitrogens with zero attached hydrogens (tertiary/aromatic N) is 1. The van der Waals surface area contributed by atoms with Crippen molar-refractivity contribution >= 4 is 29.9 Å². The summed E-state index contributed by atoms with van der Waals surface area (Å²) in [4.78, 5) is 4.28. The molecule has 0 saturated heterocycles. The Morgan fingerprint density at radius 1 is 1.19 bits per heavy atom. The fraction of sp³-hybridized carbons (Fsp3) is 0.562. The molecule has 1 aliphatic carbocycles. The van der Waals surface area contributed by atoms with E-state index in [4.69, 9.17) is 5.73 Å². The van der Waals surface area contributed by atoms with Crippen LogP contribution < -0.4 is 11.1 Å². The summed E-state index contributed by atoms with van der Waals surface area (Å²) in [6.45, 7) is 1.18. The van der Waals surface area contributed by atoms with E-state index >= 15 is 0 Å². The van der Waals surface area contributed by atoms with Gasteiger partial charge in [0.05, 0.1) is 12.1 Å². The van der Waals surface area contributed by atoms with Crippen LogP contribution in [-0.2, 0) is 6.42 Å². The van der Waals surface area contributed by atoms with Crippen LogP contribution in [0.3, 0.4) is 0 Å². The molecule has 0 unspecified atom stereocenters. The lowest BCUT2D eigenvalue weighted by Crippen LogP contribution is -2.38. The summed E-state index contributed by atoms with van der Waals surface area (Å²) in [5.74, 6) is 0.430. The molecule has 0 amide bonds. The Hall–Kier alpha value is -0.820. The summed E-state index contributed by atoms with van der Waals surface area (Å²) in [6, 6.07) is 10.3. The quantitative estimate of drug-likeness (QED) is 0.402. The Kier molecular flexibility index (Phi) is 8.03. The smallest absolute Gasteiger partial charge is 0.188 e. The number of guanidine groups is 1. The van der Waals surface area contributed by atoms with Crippen molar-refractivity contribution in [3.8, 4) is 0 Å². The largest absolute Gasteiger partial charge is 0.388 e. The molecule has 5 heteroatoms. The van der Waals surface area contributed by atoms with Crippen LogP contribution in [0.2, 0.25) is 0 Å². The molecule has 0 bridgehead atoms. The first-order chi connectivity index (χ1) is 9.68. The molecule has 1 aromatic carbocycles. The molecule has 4 N–H and O–H groups in total. The maximum atomic E-state index is 10.3. The molecule has 0 aromatic heterocycles. The van der Waals surface area contributed by atoms with E-state index in [1.54, 1.807) is 0 Å². The van der Waals surface area contributed by atoms with Crippen LogP contribution in [0.1, 0.15) is 37.7 Å². The van der Waals surface area contributed by atoms with Crippen molar-refractivity contribution in [1.82, 2.24) is 5.32 Å². The predicted octanol–water partition coefficient (Wildman–Crippen LogP) is 2.45.